The van der Waals surface area contributed by atoms with E-state index in [2.05, 4.69) is 54.4 Å². The summed E-state index contributed by atoms with van der Waals surface area (Å²) in [5.74, 6) is 0.280. The van der Waals surface area contributed by atoms with E-state index in [1.54, 1.807) is 0 Å². The van der Waals surface area contributed by atoms with Crippen molar-refractivity contribution >= 4 is 93.5 Å². The number of imidazole rings is 2. The summed E-state index contributed by atoms with van der Waals surface area (Å²) >= 11 is 19.1. The van der Waals surface area contributed by atoms with Gasteiger partial charge in [-0.2, -0.15) is 0 Å². The number of thiol groups is 2. The Kier molecular flexibility index (Phi) is 11.6. The number of ether oxygens (including phenoxy) is 2. The second-order valence-electron chi connectivity index (χ2n) is 11.0. The number of aliphatic hydroxyl groups excluding tert-OH is 5. The molecule has 6 heterocycles. The van der Waals surface area contributed by atoms with E-state index in [1.165, 1.54) is 34.4 Å². The standard InChI is InChI=1S/C23H32N10O11P2S4/c24-18-12-20(28-5-26-18)32(7-30-12)22-16(37)14(35)10(43-22)3-41-45(47,48)39-1-9(34)2-40-46(49,50)42-4-11-15(36)17(38)23(44-11)33-8-31-13-19(25)27-6-29-21(13)33/h5-11,14-17,22-23,34-38H,1-4H2,(H,47,48)(H,49,50)(H2,24,26,28)(H2,25,27,29)/t10-,11-,14-,15-,16-,17-,22-,23-/m1/s1. The van der Waals surface area contributed by atoms with Crippen molar-refractivity contribution in [1.29, 1.82) is 0 Å². The Balaban J connectivity index is 0.940. The average Bonchev–Trinajstić information content (AvgIpc) is 3.84. The first-order valence-corrected chi connectivity index (χ1v) is 22.0. The molecule has 2 unspecified atom stereocenters. The normalized spacial score (nSPS) is 30.1. The van der Waals surface area contributed by atoms with Crippen molar-refractivity contribution in [2.75, 3.05) is 37.9 Å². The maximum Gasteiger partial charge on any atom is 0.244 e. The highest BCUT2D eigenvalue weighted by Crippen LogP contribution is 2.55. The van der Waals surface area contributed by atoms with E-state index in [-0.39, 0.29) is 38.1 Å². The van der Waals surface area contributed by atoms with Crippen LogP contribution in [0.25, 0.3) is 22.3 Å². The lowest BCUT2D eigenvalue weighted by Gasteiger charge is -2.23. The Bertz CT molecular complexity index is 1800. The molecule has 2 aliphatic heterocycles. The quantitative estimate of drug-likeness (QED) is 0.0534. The lowest BCUT2D eigenvalue weighted by molar-refractivity contribution is -0.0483. The predicted octanol–water partition coefficient (Wildman–Crippen LogP) is -1.20. The largest absolute Gasteiger partial charge is 0.388 e. The summed E-state index contributed by atoms with van der Waals surface area (Å²) < 4.78 is 36.7. The van der Waals surface area contributed by atoms with Crippen molar-refractivity contribution in [1.82, 2.24) is 39.0 Å². The number of nitrogens with zero attached hydrogens (tertiary/aromatic N) is 8. The summed E-state index contributed by atoms with van der Waals surface area (Å²) in [4.78, 5) is 24.3. The van der Waals surface area contributed by atoms with Gasteiger partial charge in [0.2, 0.25) is 11.4 Å². The number of rotatable bonds is 14. The van der Waals surface area contributed by atoms with Crippen LogP contribution in [0.1, 0.15) is 12.5 Å². The molecule has 0 radical (unpaired) electrons. The van der Waals surface area contributed by atoms with Gasteiger partial charge in [-0.3, -0.25) is 9.13 Å². The van der Waals surface area contributed by atoms with E-state index in [9.17, 15) is 25.5 Å². The molecule has 6 rings (SSSR count). The maximum absolute atomic E-state index is 10.6. The first kappa shape index (κ1) is 38.0. The molecule has 274 valence electrons. The summed E-state index contributed by atoms with van der Waals surface area (Å²) in [5.41, 5.74) is 6.26. The summed E-state index contributed by atoms with van der Waals surface area (Å²) in [6, 6.07) is 0. The molecule has 0 amide bonds. The van der Waals surface area contributed by atoms with Crippen molar-refractivity contribution in [3.05, 3.63) is 25.3 Å². The maximum atomic E-state index is 10.6. The van der Waals surface area contributed by atoms with E-state index in [0.717, 1.165) is 0 Å². The summed E-state index contributed by atoms with van der Waals surface area (Å²) in [5, 5.41) is 52.9. The number of fused-ring (bicyclic) bond motifs is 2. The lowest BCUT2D eigenvalue weighted by Crippen LogP contribution is -2.33. The zero-order chi connectivity index (χ0) is 36.0. The van der Waals surface area contributed by atoms with Crippen LogP contribution in [-0.4, -0.2) is 134 Å². The minimum atomic E-state index is -3.29. The van der Waals surface area contributed by atoms with Crippen LogP contribution in [0.3, 0.4) is 0 Å². The molecule has 0 bridgehead atoms. The third-order valence-corrected chi connectivity index (χ3v) is 12.2. The van der Waals surface area contributed by atoms with Gasteiger partial charge in [0.1, 0.15) is 66.4 Å². The van der Waals surface area contributed by atoms with Gasteiger partial charge in [-0.05, 0) is 23.6 Å². The molecule has 4 aromatic rings. The molecular formula is C23H32N10O11P2S4. The fourth-order valence-electron chi connectivity index (χ4n) is 5.12. The van der Waals surface area contributed by atoms with Crippen LogP contribution in [-0.2, 0) is 51.2 Å². The van der Waals surface area contributed by atoms with Crippen LogP contribution in [0.5, 0.6) is 0 Å². The van der Waals surface area contributed by atoms with E-state index in [4.69, 9.17) is 62.6 Å². The molecule has 9 N–H and O–H groups in total. The summed E-state index contributed by atoms with van der Waals surface area (Å²) in [6.07, 6.45) is -5.77. The van der Waals surface area contributed by atoms with Gasteiger partial charge in [0.15, 0.2) is 35.4 Å². The molecule has 27 heteroatoms. The highest BCUT2D eigenvalue weighted by atomic mass is 32.9. The van der Waals surface area contributed by atoms with Crippen molar-refractivity contribution in [2.24, 2.45) is 0 Å². The van der Waals surface area contributed by atoms with Crippen LogP contribution >= 0.6 is 35.9 Å². The number of aliphatic hydroxyl groups is 5. The van der Waals surface area contributed by atoms with Crippen LogP contribution < -0.4 is 11.5 Å². The van der Waals surface area contributed by atoms with E-state index < -0.39 is 66.6 Å². The Hall–Kier alpha value is -1.74. The number of nitrogens with two attached hydrogens (primary N) is 2. The van der Waals surface area contributed by atoms with Crippen LogP contribution in [0.2, 0.25) is 0 Å². The highest BCUT2D eigenvalue weighted by molar-refractivity contribution is 8.60. The molecule has 0 aliphatic carbocycles. The van der Waals surface area contributed by atoms with Gasteiger partial charge in [0.25, 0.3) is 0 Å². The van der Waals surface area contributed by atoms with E-state index in [1.807, 2.05) is 0 Å². The van der Waals surface area contributed by atoms with Crippen molar-refractivity contribution < 1.29 is 53.1 Å². The Labute approximate surface area is 302 Å². The number of nitrogen functional groups attached to an aromatic ring is 2. The average molecular weight is 815 g/mol. The Morgan fingerprint density at radius 1 is 0.700 bits per heavy atom. The van der Waals surface area contributed by atoms with Crippen molar-refractivity contribution in [3.8, 4) is 0 Å². The topological polar surface area (TPSA) is 296 Å². The van der Waals surface area contributed by atoms with E-state index in [0.29, 0.717) is 22.3 Å². The molecule has 2 saturated heterocycles. The van der Waals surface area contributed by atoms with Crippen LogP contribution in [0.4, 0.5) is 11.6 Å². The molecule has 2 aliphatic rings. The molecule has 0 saturated carbocycles. The zero-order valence-corrected chi connectivity index (χ0v) is 30.6. The Morgan fingerprint density at radius 3 is 1.50 bits per heavy atom. The first-order chi connectivity index (χ1) is 23.7. The number of aromatic nitrogens is 8. The number of hydrogen-bond acceptors (Lipinski definition) is 21. The zero-order valence-electron chi connectivity index (χ0n) is 25.4. The predicted molar refractivity (Wildman–Crippen MR) is 188 cm³/mol. The molecule has 4 aromatic heterocycles. The molecule has 50 heavy (non-hydrogen) atoms. The van der Waals surface area contributed by atoms with Crippen LogP contribution in [0.15, 0.2) is 25.3 Å². The Morgan fingerprint density at radius 2 is 1.10 bits per heavy atom. The van der Waals surface area contributed by atoms with Gasteiger partial charge in [-0.1, -0.05) is 24.5 Å². The number of hydrogen-bond donors (Lipinski definition) is 9. The summed E-state index contributed by atoms with van der Waals surface area (Å²) in [7, 11) is 0. The molecule has 0 aromatic carbocycles. The second kappa shape index (κ2) is 15.3. The fraction of sp³-hybridized carbons (Fsp3) is 0.565. The summed E-state index contributed by atoms with van der Waals surface area (Å²) in [6.45, 7) is -1.37. The smallest absolute Gasteiger partial charge is 0.244 e. The van der Waals surface area contributed by atoms with E-state index >= 15 is 0 Å². The van der Waals surface area contributed by atoms with Crippen molar-refractivity contribution in [3.63, 3.8) is 0 Å². The number of anilines is 2. The lowest BCUT2D eigenvalue weighted by atomic mass is 10.1. The highest BCUT2D eigenvalue weighted by Gasteiger charge is 2.46. The monoisotopic (exact) mass is 814 g/mol. The minimum Gasteiger partial charge on any atom is -0.388 e. The molecule has 0 spiro atoms. The SMILES string of the molecule is Nc1ncnc2c1ncn2[C@@H]1O[C@H](COP(=S)(S)OCC(O)COP(=S)(S)OC[C@H]2O[C@@H](n3cnc4c(N)ncnc43)[C@H](O)[C@@H]2O)[C@@H](O)[C@H]1O. The second-order valence-corrected chi connectivity index (χ2v) is 21.6. The first-order valence-electron chi connectivity index (χ1n) is 14.5. The van der Waals surface area contributed by atoms with Crippen molar-refractivity contribution in [2.45, 2.75) is 55.2 Å². The molecule has 2 fully saturated rings. The third-order valence-electron chi connectivity index (χ3n) is 7.66. The minimum absolute atomic E-state index is 0.140. The van der Waals surface area contributed by atoms with Gasteiger partial charge < -0.3 is 64.6 Å². The van der Waals surface area contributed by atoms with Gasteiger partial charge in [0.05, 0.1) is 39.1 Å². The fourth-order valence-corrected chi connectivity index (χ4v) is 8.20. The van der Waals surface area contributed by atoms with Crippen LogP contribution in [0, 0.1) is 0 Å². The van der Waals surface area contributed by atoms with Gasteiger partial charge in [-0.15, -0.1) is 0 Å². The van der Waals surface area contributed by atoms with Gasteiger partial charge in [-0.25, -0.2) is 29.9 Å². The third kappa shape index (κ3) is 8.09. The molecule has 21 nitrogen and oxygen atoms in total. The van der Waals surface area contributed by atoms with Gasteiger partial charge >= 0.3 is 0 Å². The van der Waals surface area contributed by atoms with Gasteiger partial charge in [0, 0.05) is 0 Å². The molecule has 10 atom stereocenters. The molecular weight excluding hydrogens is 783 g/mol.